The van der Waals surface area contributed by atoms with Crippen LogP contribution in [0.5, 0.6) is 0 Å². The van der Waals surface area contributed by atoms with E-state index in [4.69, 9.17) is 4.74 Å². The lowest BCUT2D eigenvalue weighted by Gasteiger charge is -2.33. The van der Waals surface area contributed by atoms with E-state index in [2.05, 4.69) is 10.6 Å². The molecule has 0 spiro atoms. The summed E-state index contributed by atoms with van der Waals surface area (Å²) < 4.78 is 5.38. The number of nitrogens with one attached hydrogen (secondary N) is 2. The molecule has 0 radical (unpaired) electrons. The molecule has 3 rings (SSSR count). The summed E-state index contributed by atoms with van der Waals surface area (Å²) in [6.07, 6.45) is -0.277. The number of nitrogens with zero attached hydrogens (tertiary/aromatic N) is 1. The quantitative estimate of drug-likeness (QED) is 0.727. The van der Waals surface area contributed by atoms with E-state index < -0.39 is 12.0 Å². The molecule has 0 saturated carbocycles. The molecule has 0 fully saturated rings. The topological polar surface area (TPSA) is 87.7 Å². The van der Waals surface area contributed by atoms with Gasteiger partial charge < -0.3 is 20.3 Å². The van der Waals surface area contributed by atoms with Gasteiger partial charge in [0.2, 0.25) is 0 Å². The largest absolute Gasteiger partial charge is 0.459 e. The lowest BCUT2D eigenvalue weighted by Crippen LogP contribution is -2.46. The van der Waals surface area contributed by atoms with Crippen molar-refractivity contribution in [3.05, 3.63) is 63.5 Å². The zero-order valence-electron chi connectivity index (χ0n) is 16.7. The van der Waals surface area contributed by atoms with E-state index in [9.17, 15) is 14.4 Å². The van der Waals surface area contributed by atoms with Gasteiger partial charge in [-0.25, -0.2) is 9.59 Å². The first-order valence-corrected chi connectivity index (χ1v) is 10.1. The molecule has 0 saturated heterocycles. The number of hydrogen-bond acceptors (Lipinski definition) is 5. The van der Waals surface area contributed by atoms with Crippen molar-refractivity contribution in [1.29, 1.82) is 0 Å². The van der Waals surface area contributed by atoms with Crippen molar-refractivity contribution in [3.63, 3.8) is 0 Å². The second-order valence-corrected chi connectivity index (χ2v) is 7.90. The van der Waals surface area contributed by atoms with E-state index >= 15 is 0 Å². The normalized spacial score (nSPS) is 16.7. The first kappa shape index (κ1) is 20.6. The van der Waals surface area contributed by atoms with Crippen molar-refractivity contribution in [2.24, 2.45) is 0 Å². The molecular formula is C21H23N3O4S. The van der Waals surface area contributed by atoms with Crippen molar-refractivity contribution < 1.29 is 19.1 Å². The third-order valence-electron chi connectivity index (χ3n) is 4.56. The summed E-state index contributed by atoms with van der Waals surface area (Å²) in [6, 6.07) is 9.67. The van der Waals surface area contributed by atoms with Crippen molar-refractivity contribution >= 4 is 34.9 Å². The second kappa shape index (κ2) is 8.48. The lowest BCUT2D eigenvalue weighted by atomic mass is 9.95. The Balaban J connectivity index is 1.86. The highest BCUT2D eigenvalue weighted by atomic mass is 32.1. The highest BCUT2D eigenvalue weighted by molar-refractivity contribution is 7.12. The van der Waals surface area contributed by atoms with E-state index in [1.807, 2.05) is 11.4 Å². The molecule has 2 N–H and O–H groups in total. The molecule has 0 aliphatic carbocycles. The van der Waals surface area contributed by atoms with Crippen LogP contribution in [-0.2, 0) is 9.53 Å². The molecule has 8 heteroatoms. The summed E-state index contributed by atoms with van der Waals surface area (Å²) >= 11 is 1.36. The van der Waals surface area contributed by atoms with Crippen molar-refractivity contribution in [3.8, 4) is 0 Å². The number of thiophene rings is 1. The minimum atomic E-state index is -0.632. The molecule has 7 nitrogen and oxygen atoms in total. The molecular weight excluding hydrogens is 390 g/mol. The van der Waals surface area contributed by atoms with Crippen molar-refractivity contribution in [1.82, 2.24) is 10.2 Å². The fourth-order valence-electron chi connectivity index (χ4n) is 2.99. The summed E-state index contributed by atoms with van der Waals surface area (Å²) in [6.45, 7) is 5.27. The second-order valence-electron chi connectivity index (χ2n) is 6.95. The first-order chi connectivity index (χ1) is 13.8. The van der Waals surface area contributed by atoms with Crippen LogP contribution in [0.25, 0.3) is 0 Å². The van der Waals surface area contributed by atoms with Crippen LogP contribution in [0.15, 0.2) is 53.0 Å². The van der Waals surface area contributed by atoms with Crippen LogP contribution in [0.3, 0.4) is 0 Å². The number of hydrogen-bond donors (Lipinski definition) is 2. The van der Waals surface area contributed by atoms with Gasteiger partial charge in [-0.3, -0.25) is 4.79 Å². The molecule has 0 unspecified atom stereocenters. The van der Waals surface area contributed by atoms with Gasteiger partial charge in [0.1, 0.15) is 0 Å². The monoisotopic (exact) mass is 413 g/mol. The van der Waals surface area contributed by atoms with Crippen LogP contribution >= 0.6 is 11.3 Å². The van der Waals surface area contributed by atoms with Crippen LogP contribution in [0.2, 0.25) is 0 Å². The average Bonchev–Trinajstić information content (AvgIpc) is 3.20. The van der Waals surface area contributed by atoms with Gasteiger partial charge >= 0.3 is 12.0 Å². The van der Waals surface area contributed by atoms with Gasteiger partial charge in [0.15, 0.2) is 0 Å². The third-order valence-corrected chi connectivity index (χ3v) is 5.43. The van der Waals surface area contributed by atoms with Crippen LogP contribution in [0.4, 0.5) is 10.5 Å². The summed E-state index contributed by atoms with van der Waals surface area (Å²) in [5.41, 5.74) is 2.27. The summed E-state index contributed by atoms with van der Waals surface area (Å²) in [5.74, 6) is -0.651. The number of ether oxygens (including phenoxy) is 1. The fraction of sp³-hybridized carbons (Fsp3) is 0.286. The Labute approximate surface area is 173 Å². The summed E-state index contributed by atoms with van der Waals surface area (Å²) in [4.78, 5) is 39.2. The van der Waals surface area contributed by atoms with Gasteiger partial charge in [-0.1, -0.05) is 18.2 Å². The Hall–Kier alpha value is -3.13. The summed E-state index contributed by atoms with van der Waals surface area (Å²) in [5, 5.41) is 7.51. The van der Waals surface area contributed by atoms with Gasteiger partial charge in [-0.2, -0.15) is 0 Å². The highest BCUT2D eigenvalue weighted by Gasteiger charge is 2.35. The van der Waals surface area contributed by atoms with E-state index in [0.29, 0.717) is 21.8 Å². The Bertz CT molecular complexity index is 949. The average molecular weight is 413 g/mol. The Morgan fingerprint density at radius 2 is 1.90 bits per heavy atom. The van der Waals surface area contributed by atoms with Crippen molar-refractivity contribution in [2.45, 2.75) is 32.9 Å². The number of carbonyl (C=O) groups is 3. The molecule has 1 atom stereocenters. The van der Waals surface area contributed by atoms with Crippen LogP contribution < -0.4 is 10.6 Å². The smallest absolute Gasteiger partial charge is 0.338 e. The number of rotatable bonds is 5. The Morgan fingerprint density at radius 1 is 1.21 bits per heavy atom. The van der Waals surface area contributed by atoms with E-state index in [1.165, 1.54) is 16.2 Å². The maximum Gasteiger partial charge on any atom is 0.338 e. The number of allylic oxidation sites excluding steroid dienone is 1. The molecule has 152 valence electrons. The Morgan fingerprint density at radius 3 is 2.48 bits per heavy atom. The van der Waals surface area contributed by atoms with E-state index in [0.717, 1.165) is 5.56 Å². The maximum atomic E-state index is 12.7. The van der Waals surface area contributed by atoms with Gasteiger partial charge in [0, 0.05) is 18.4 Å². The predicted octanol–water partition coefficient (Wildman–Crippen LogP) is 3.92. The van der Waals surface area contributed by atoms with Gasteiger partial charge in [0.05, 0.1) is 22.6 Å². The molecule has 1 aliphatic heterocycles. The van der Waals surface area contributed by atoms with Crippen LogP contribution in [0.1, 0.15) is 42.0 Å². The molecule has 3 amide bonds. The molecule has 1 aliphatic rings. The number of amides is 3. The standard InChI is InChI=1S/C21H23N3O4S/c1-12(2)28-20(26)17-13(3)24(4)21(27)23-18(17)14-7-9-15(10-8-14)22-19(25)16-6-5-11-29-16/h5-12,18H,1-4H3,(H,22,25)(H,23,27)/t18-/m1/s1. The fourth-order valence-corrected chi connectivity index (χ4v) is 3.61. The molecule has 2 aromatic rings. The zero-order valence-corrected chi connectivity index (χ0v) is 17.5. The first-order valence-electron chi connectivity index (χ1n) is 9.18. The van der Waals surface area contributed by atoms with E-state index in [1.54, 1.807) is 58.2 Å². The third kappa shape index (κ3) is 4.48. The molecule has 1 aromatic carbocycles. The minimum absolute atomic E-state index is 0.183. The molecule has 0 bridgehead atoms. The number of urea groups is 1. The minimum Gasteiger partial charge on any atom is -0.459 e. The highest BCUT2D eigenvalue weighted by Crippen LogP contribution is 2.31. The van der Waals surface area contributed by atoms with Crippen molar-refractivity contribution in [2.75, 3.05) is 12.4 Å². The van der Waals surface area contributed by atoms with E-state index in [-0.39, 0.29) is 18.0 Å². The predicted molar refractivity (Wildman–Crippen MR) is 112 cm³/mol. The number of benzene rings is 1. The number of carbonyl (C=O) groups excluding carboxylic acids is 3. The molecule has 2 heterocycles. The Kier molecular flexibility index (Phi) is 6.03. The van der Waals surface area contributed by atoms with Gasteiger partial charge in [-0.15, -0.1) is 11.3 Å². The zero-order chi connectivity index (χ0) is 21.1. The number of esters is 1. The SMILES string of the molecule is CC1=C(C(=O)OC(C)C)[C@@H](c2ccc(NC(=O)c3cccs3)cc2)NC(=O)N1C. The maximum absolute atomic E-state index is 12.7. The van der Waals surface area contributed by atoms with Gasteiger partial charge in [0.25, 0.3) is 5.91 Å². The summed E-state index contributed by atoms with van der Waals surface area (Å²) in [7, 11) is 1.60. The molecule has 1 aromatic heterocycles. The van der Waals surface area contributed by atoms with Crippen LogP contribution in [0, 0.1) is 0 Å². The van der Waals surface area contributed by atoms with Gasteiger partial charge in [-0.05, 0) is 49.9 Å². The number of anilines is 1. The molecule has 29 heavy (non-hydrogen) atoms. The van der Waals surface area contributed by atoms with Crippen LogP contribution in [-0.4, -0.2) is 36.0 Å². The lowest BCUT2D eigenvalue weighted by molar-refractivity contribution is -0.143.